The van der Waals surface area contributed by atoms with Crippen molar-refractivity contribution >= 4 is 0 Å². The summed E-state index contributed by atoms with van der Waals surface area (Å²) in [6, 6.07) is 6.08. The van der Waals surface area contributed by atoms with E-state index < -0.39 is 0 Å². The van der Waals surface area contributed by atoms with Crippen LogP contribution in [0, 0.1) is 6.92 Å². The first kappa shape index (κ1) is 13.6. The lowest BCUT2D eigenvalue weighted by Gasteiger charge is -2.05. The molecule has 19 heavy (non-hydrogen) atoms. The lowest BCUT2D eigenvalue weighted by molar-refractivity contribution is 0.412. The predicted octanol–water partition coefficient (Wildman–Crippen LogP) is 2.89. The number of nitrogens with one attached hydrogen (secondary N) is 2. The second-order valence-corrected chi connectivity index (χ2v) is 4.62. The number of benzene rings is 1. The van der Waals surface area contributed by atoms with Gasteiger partial charge in [-0.2, -0.15) is 0 Å². The van der Waals surface area contributed by atoms with E-state index in [1.54, 1.807) is 7.11 Å². The molecule has 102 valence electrons. The van der Waals surface area contributed by atoms with Crippen molar-refractivity contribution in [2.24, 2.45) is 0 Å². The molecule has 1 heterocycles. The van der Waals surface area contributed by atoms with E-state index in [1.807, 2.05) is 25.3 Å². The molecule has 4 nitrogen and oxygen atoms in total. The minimum absolute atomic E-state index is 0.829. The molecule has 0 unspecified atom stereocenters. The van der Waals surface area contributed by atoms with Gasteiger partial charge in [0.2, 0.25) is 0 Å². The molecular weight excluding hydrogens is 238 g/mol. The fraction of sp³-hybridized carbons (Fsp3) is 0.400. The zero-order chi connectivity index (χ0) is 13.7. The average Bonchev–Trinajstić information content (AvgIpc) is 2.88. The third kappa shape index (κ3) is 3.35. The van der Waals surface area contributed by atoms with Crippen LogP contribution in [0.5, 0.6) is 5.75 Å². The van der Waals surface area contributed by atoms with Crippen LogP contribution in [0.4, 0.5) is 0 Å². The smallest absolute Gasteiger partial charge is 0.137 e. The number of nitrogens with zero attached hydrogens (tertiary/aromatic N) is 1. The number of hydrogen-bond donors (Lipinski definition) is 2. The maximum atomic E-state index is 5.27. The number of H-pyrrole nitrogens is 1. The van der Waals surface area contributed by atoms with Gasteiger partial charge in [0.05, 0.1) is 7.11 Å². The van der Waals surface area contributed by atoms with Gasteiger partial charge in [0, 0.05) is 24.0 Å². The van der Waals surface area contributed by atoms with Crippen molar-refractivity contribution in [2.45, 2.75) is 26.8 Å². The number of ether oxygens (including phenoxy) is 1. The third-order valence-corrected chi connectivity index (χ3v) is 3.04. The van der Waals surface area contributed by atoms with Crippen LogP contribution >= 0.6 is 0 Å². The van der Waals surface area contributed by atoms with Crippen LogP contribution in [0.3, 0.4) is 0 Å². The lowest BCUT2D eigenvalue weighted by Crippen LogP contribution is -2.13. The maximum absolute atomic E-state index is 5.27. The van der Waals surface area contributed by atoms with Crippen LogP contribution in [0.1, 0.15) is 24.6 Å². The summed E-state index contributed by atoms with van der Waals surface area (Å²) in [6.07, 6.45) is 3.02. The number of aromatic nitrogens is 2. The highest BCUT2D eigenvalue weighted by molar-refractivity contribution is 5.58. The highest BCUT2D eigenvalue weighted by Gasteiger charge is 2.06. The molecule has 0 radical (unpaired) electrons. The van der Waals surface area contributed by atoms with Crippen molar-refractivity contribution in [3.8, 4) is 17.1 Å². The van der Waals surface area contributed by atoms with Gasteiger partial charge in [-0.15, -0.1) is 0 Å². The summed E-state index contributed by atoms with van der Waals surface area (Å²) in [5, 5.41) is 3.35. The van der Waals surface area contributed by atoms with Gasteiger partial charge in [-0.25, -0.2) is 4.98 Å². The van der Waals surface area contributed by atoms with Crippen LogP contribution in [-0.2, 0) is 6.54 Å². The van der Waals surface area contributed by atoms with E-state index in [1.165, 1.54) is 0 Å². The number of hydrogen-bond acceptors (Lipinski definition) is 3. The summed E-state index contributed by atoms with van der Waals surface area (Å²) >= 11 is 0. The minimum Gasteiger partial charge on any atom is -0.496 e. The van der Waals surface area contributed by atoms with Crippen LogP contribution in [0.15, 0.2) is 24.4 Å². The van der Waals surface area contributed by atoms with Crippen LogP contribution in [-0.4, -0.2) is 23.6 Å². The molecule has 4 heteroatoms. The third-order valence-electron chi connectivity index (χ3n) is 3.04. The Morgan fingerprint density at radius 1 is 1.37 bits per heavy atom. The fourth-order valence-corrected chi connectivity index (χ4v) is 2.02. The lowest BCUT2D eigenvalue weighted by atomic mass is 10.1. The number of aromatic amines is 1. The molecule has 2 aromatic rings. The van der Waals surface area contributed by atoms with Crippen molar-refractivity contribution in [1.29, 1.82) is 0 Å². The molecule has 0 aliphatic rings. The SMILES string of the molecule is CCCNCc1cnc(-c2ccc(OC)c(C)c2)[nH]1. The van der Waals surface area contributed by atoms with Gasteiger partial charge in [0.25, 0.3) is 0 Å². The molecular formula is C15H21N3O. The van der Waals surface area contributed by atoms with Gasteiger partial charge in [-0.1, -0.05) is 6.92 Å². The summed E-state index contributed by atoms with van der Waals surface area (Å²) in [5.41, 5.74) is 3.30. The summed E-state index contributed by atoms with van der Waals surface area (Å²) in [6.45, 7) is 6.05. The molecule has 0 bridgehead atoms. The summed E-state index contributed by atoms with van der Waals surface area (Å²) in [7, 11) is 1.69. The predicted molar refractivity (Wildman–Crippen MR) is 77.3 cm³/mol. The molecule has 1 aromatic heterocycles. The van der Waals surface area contributed by atoms with Crippen molar-refractivity contribution in [3.05, 3.63) is 35.7 Å². The molecule has 0 fully saturated rings. The number of aryl methyl sites for hydroxylation is 1. The van der Waals surface area contributed by atoms with Gasteiger partial charge in [0.1, 0.15) is 11.6 Å². The zero-order valence-electron chi connectivity index (χ0n) is 11.8. The highest BCUT2D eigenvalue weighted by Crippen LogP contribution is 2.24. The molecule has 0 amide bonds. The van der Waals surface area contributed by atoms with E-state index in [2.05, 4.69) is 28.3 Å². The van der Waals surface area contributed by atoms with E-state index in [9.17, 15) is 0 Å². The monoisotopic (exact) mass is 259 g/mol. The molecule has 0 spiro atoms. The highest BCUT2D eigenvalue weighted by atomic mass is 16.5. The molecule has 0 aliphatic carbocycles. The van der Waals surface area contributed by atoms with Crippen molar-refractivity contribution in [3.63, 3.8) is 0 Å². The number of methoxy groups -OCH3 is 1. The topological polar surface area (TPSA) is 49.9 Å². The summed E-state index contributed by atoms with van der Waals surface area (Å²) < 4.78 is 5.27. The Morgan fingerprint density at radius 2 is 2.21 bits per heavy atom. The van der Waals surface area contributed by atoms with Crippen LogP contribution < -0.4 is 10.1 Å². The molecule has 2 rings (SSSR count). The van der Waals surface area contributed by atoms with E-state index in [0.29, 0.717) is 0 Å². The van der Waals surface area contributed by atoms with Gasteiger partial charge >= 0.3 is 0 Å². The fourth-order valence-electron chi connectivity index (χ4n) is 2.02. The molecule has 0 saturated heterocycles. The maximum Gasteiger partial charge on any atom is 0.137 e. The zero-order valence-corrected chi connectivity index (χ0v) is 11.8. The largest absolute Gasteiger partial charge is 0.496 e. The Balaban J connectivity index is 2.11. The van der Waals surface area contributed by atoms with Crippen LogP contribution in [0.2, 0.25) is 0 Å². The summed E-state index contributed by atoms with van der Waals surface area (Å²) in [4.78, 5) is 7.76. The van der Waals surface area contributed by atoms with E-state index in [0.717, 1.165) is 47.9 Å². The number of rotatable bonds is 6. The van der Waals surface area contributed by atoms with E-state index in [-0.39, 0.29) is 0 Å². The van der Waals surface area contributed by atoms with E-state index >= 15 is 0 Å². The second-order valence-electron chi connectivity index (χ2n) is 4.62. The first-order valence-electron chi connectivity index (χ1n) is 6.64. The van der Waals surface area contributed by atoms with Gasteiger partial charge in [0.15, 0.2) is 0 Å². The first-order valence-corrected chi connectivity index (χ1v) is 6.64. The van der Waals surface area contributed by atoms with Crippen molar-refractivity contribution in [2.75, 3.05) is 13.7 Å². The van der Waals surface area contributed by atoms with Gasteiger partial charge in [-0.3, -0.25) is 0 Å². The Bertz CT molecular complexity index is 534. The molecule has 2 N–H and O–H groups in total. The minimum atomic E-state index is 0.829. The summed E-state index contributed by atoms with van der Waals surface area (Å²) in [5.74, 6) is 1.80. The Labute approximate surface area is 114 Å². The van der Waals surface area contributed by atoms with Gasteiger partial charge < -0.3 is 15.0 Å². The Morgan fingerprint density at radius 3 is 2.89 bits per heavy atom. The normalized spacial score (nSPS) is 10.7. The Hall–Kier alpha value is -1.81. The molecule has 0 saturated carbocycles. The number of imidazole rings is 1. The van der Waals surface area contributed by atoms with E-state index in [4.69, 9.17) is 4.74 Å². The standard InChI is InChI=1S/C15H21N3O/c1-4-7-16-9-13-10-17-15(18-13)12-5-6-14(19-3)11(2)8-12/h5-6,8,10,16H,4,7,9H2,1-3H3,(H,17,18). The quantitative estimate of drug-likeness (QED) is 0.784. The first-order chi connectivity index (χ1) is 9.24. The molecule has 0 aliphatic heterocycles. The Kier molecular flexibility index (Phi) is 4.58. The van der Waals surface area contributed by atoms with Gasteiger partial charge in [-0.05, 0) is 43.7 Å². The second kappa shape index (κ2) is 6.38. The molecule has 1 aromatic carbocycles. The van der Waals surface area contributed by atoms with Crippen molar-refractivity contribution in [1.82, 2.24) is 15.3 Å². The van der Waals surface area contributed by atoms with Crippen LogP contribution in [0.25, 0.3) is 11.4 Å². The molecule has 0 atom stereocenters. The van der Waals surface area contributed by atoms with Crippen molar-refractivity contribution < 1.29 is 4.74 Å². The average molecular weight is 259 g/mol.